The van der Waals surface area contributed by atoms with Crippen molar-refractivity contribution in [2.24, 2.45) is 0 Å². The first-order valence-corrected chi connectivity index (χ1v) is 7.06. The molecule has 0 aliphatic rings. The highest BCUT2D eigenvalue weighted by molar-refractivity contribution is 14.1. The van der Waals surface area contributed by atoms with Crippen molar-refractivity contribution < 1.29 is 4.79 Å². The van der Waals surface area contributed by atoms with E-state index in [-0.39, 0.29) is 5.78 Å². The van der Waals surface area contributed by atoms with Crippen molar-refractivity contribution >= 4 is 40.0 Å². The molecule has 0 fully saturated rings. The van der Waals surface area contributed by atoms with Crippen molar-refractivity contribution in [1.29, 1.82) is 0 Å². The fraction of sp³-hybridized carbons (Fsp3) is 0.133. The molecule has 0 heterocycles. The average Bonchev–Trinajstić information content (AvgIpc) is 2.35. The van der Waals surface area contributed by atoms with E-state index in [9.17, 15) is 4.79 Å². The van der Waals surface area contributed by atoms with Gasteiger partial charge in [0.1, 0.15) is 0 Å². The second-order valence-electron chi connectivity index (χ2n) is 4.19. The standard InChI is InChI=1S/C15H12ClIO/c1-10-2-5-12(16)9-14(10)15(18)8-11-3-6-13(17)7-4-11/h2-7,9H,8H2,1H3. The van der Waals surface area contributed by atoms with E-state index in [1.54, 1.807) is 12.1 Å². The minimum absolute atomic E-state index is 0.108. The highest BCUT2D eigenvalue weighted by Gasteiger charge is 2.10. The van der Waals surface area contributed by atoms with E-state index >= 15 is 0 Å². The summed E-state index contributed by atoms with van der Waals surface area (Å²) in [7, 11) is 0. The summed E-state index contributed by atoms with van der Waals surface area (Å²) in [6, 6.07) is 13.4. The van der Waals surface area contributed by atoms with Gasteiger partial charge in [0.05, 0.1) is 0 Å². The summed E-state index contributed by atoms with van der Waals surface area (Å²) < 4.78 is 1.17. The Bertz CT molecular complexity index is 576. The smallest absolute Gasteiger partial charge is 0.167 e. The van der Waals surface area contributed by atoms with E-state index in [1.807, 2.05) is 37.3 Å². The summed E-state index contributed by atoms with van der Waals surface area (Å²) in [5.74, 6) is 0.108. The summed E-state index contributed by atoms with van der Waals surface area (Å²) in [6.07, 6.45) is 0.415. The summed E-state index contributed by atoms with van der Waals surface area (Å²) >= 11 is 8.18. The Hall–Kier alpha value is -0.870. The van der Waals surface area contributed by atoms with Gasteiger partial charge in [-0.05, 0) is 64.9 Å². The van der Waals surface area contributed by atoms with Crippen molar-refractivity contribution in [2.75, 3.05) is 0 Å². The van der Waals surface area contributed by atoms with Crippen LogP contribution >= 0.6 is 34.2 Å². The van der Waals surface area contributed by atoms with E-state index in [0.717, 1.165) is 11.1 Å². The van der Waals surface area contributed by atoms with E-state index in [4.69, 9.17) is 11.6 Å². The third kappa shape index (κ3) is 3.33. The Labute approximate surface area is 125 Å². The molecule has 2 aromatic rings. The number of carbonyl (C=O) groups excluding carboxylic acids is 1. The molecular formula is C15H12ClIO. The maximum atomic E-state index is 12.2. The Kier molecular flexibility index (Phi) is 4.40. The van der Waals surface area contributed by atoms with Crippen LogP contribution in [-0.2, 0) is 6.42 Å². The largest absolute Gasteiger partial charge is 0.294 e. The monoisotopic (exact) mass is 370 g/mol. The van der Waals surface area contributed by atoms with Gasteiger partial charge >= 0.3 is 0 Å². The molecule has 0 spiro atoms. The number of aryl methyl sites for hydroxylation is 1. The van der Waals surface area contributed by atoms with Crippen LogP contribution in [0.2, 0.25) is 5.02 Å². The van der Waals surface area contributed by atoms with E-state index in [2.05, 4.69) is 22.6 Å². The lowest BCUT2D eigenvalue weighted by atomic mass is 9.99. The van der Waals surface area contributed by atoms with Gasteiger partial charge in [-0.1, -0.05) is 29.8 Å². The number of ketones is 1. The molecule has 0 amide bonds. The lowest BCUT2D eigenvalue weighted by Gasteiger charge is -2.06. The lowest BCUT2D eigenvalue weighted by Crippen LogP contribution is -2.05. The second-order valence-corrected chi connectivity index (χ2v) is 5.87. The molecule has 0 radical (unpaired) electrons. The molecule has 0 atom stereocenters. The third-order valence-electron chi connectivity index (χ3n) is 2.78. The highest BCUT2D eigenvalue weighted by Crippen LogP contribution is 2.18. The lowest BCUT2D eigenvalue weighted by molar-refractivity contribution is 0.0992. The summed E-state index contributed by atoms with van der Waals surface area (Å²) in [5.41, 5.74) is 2.70. The Balaban J connectivity index is 2.21. The zero-order valence-electron chi connectivity index (χ0n) is 9.91. The molecule has 18 heavy (non-hydrogen) atoms. The van der Waals surface area contributed by atoms with Crippen molar-refractivity contribution in [2.45, 2.75) is 13.3 Å². The molecule has 3 heteroatoms. The van der Waals surface area contributed by atoms with Crippen molar-refractivity contribution in [1.82, 2.24) is 0 Å². The first-order chi connectivity index (χ1) is 8.56. The van der Waals surface area contributed by atoms with Crippen LogP contribution in [0.3, 0.4) is 0 Å². The third-order valence-corrected chi connectivity index (χ3v) is 3.73. The SMILES string of the molecule is Cc1ccc(Cl)cc1C(=O)Cc1ccc(I)cc1. The van der Waals surface area contributed by atoms with E-state index in [1.165, 1.54) is 3.57 Å². The Morgan fingerprint density at radius 2 is 1.83 bits per heavy atom. The number of hydrogen-bond donors (Lipinski definition) is 0. The first-order valence-electron chi connectivity index (χ1n) is 5.60. The molecule has 2 aromatic carbocycles. The van der Waals surface area contributed by atoms with E-state index in [0.29, 0.717) is 17.0 Å². The number of carbonyl (C=O) groups is 1. The average molecular weight is 371 g/mol. The predicted octanol–water partition coefficient (Wildman–Crippen LogP) is 4.68. The molecule has 0 unspecified atom stereocenters. The number of rotatable bonds is 3. The fourth-order valence-electron chi connectivity index (χ4n) is 1.78. The van der Waals surface area contributed by atoms with Crippen LogP contribution < -0.4 is 0 Å². The van der Waals surface area contributed by atoms with Gasteiger partial charge in [0, 0.05) is 20.6 Å². The summed E-state index contributed by atoms with van der Waals surface area (Å²) in [6.45, 7) is 1.93. The van der Waals surface area contributed by atoms with Crippen LogP contribution in [0.5, 0.6) is 0 Å². The van der Waals surface area contributed by atoms with E-state index < -0.39 is 0 Å². The van der Waals surface area contributed by atoms with Gasteiger partial charge in [0.25, 0.3) is 0 Å². The van der Waals surface area contributed by atoms with Gasteiger partial charge in [0.2, 0.25) is 0 Å². The molecule has 0 bridgehead atoms. The van der Waals surface area contributed by atoms with Gasteiger partial charge in [-0.25, -0.2) is 0 Å². The minimum atomic E-state index is 0.108. The Morgan fingerprint density at radius 3 is 2.50 bits per heavy atom. The van der Waals surface area contributed by atoms with Crippen LogP contribution in [0.1, 0.15) is 21.5 Å². The number of halogens is 2. The van der Waals surface area contributed by atoms with Crippen molar-refractivity contribution in [3.05, 3.63) is 67.7 Å². The molecule has 0 aromatic heterocycles. The topological polar surface area (TPSA) is 17.1 Å². The molecule has 0 aliphatic heterocycles. The van der Waals surface area contributed by atoms with Crippen LogP contribution in [0.4, 0.5) is 0 Å². The van der Waals surface area contributed by atoms with Gasteiger partial charge in [-0.15, -0.1) is 0 Å². The molecule has 0 saturated carbocycles. The van der Waals surface area contributed by atoms with Crippen LogP contribution in [0.25, 0.3) is 0 Å². The van der Waals surface area contributed by atoms with Crippen LogP contribution in [-0.4, -0.2) is 5.78 Å². The zero-order valence-corrected chi connectivity index (χ0v) is 12.8. The molecule has 0 N–H and O–H groups in total. The molecule has 92 valence electrons. The molecule has 1 nitrogen and oxygen atoms in total. The number of Topliss-reactive ketones (excluding diaryl/α,β-unsaturated/α-hetero) is 1. The number of benzene rings is 2. The van der Waals surface area contributed by atoms with Gasteiger partial charge in [-0.3, -0.25) is 4.79 Å². The van der Waals surface area contributed by atoms with Gasteiger partial charge in [0.15, 0.2) is 5.78 Å². The Morgan fingerprint density at radius 1 is 1.17 bits per heavy atom. The first kappa shape index (κ1) is 13.6. The highest BCUT2D eigenvalue weighted by atomic mass is 127. The second kappa shape index (κ2) is 5.85. The number of hydrogen-bond acceptors (Lipinski definition) is 1. The molecule has 0 saturated heterocycles. The van der Waals surface area contributed by atoms with Gasteiger partial charge < -0.3 is 0 Å². The predicted molar refractivity (Wildman–Crippen MR) is 83.4 cm³/mol. The summed E-state index contributed by atoms with van der Waals surface area (Å²) in [5, 5.41) is 0.603. The van der Waals surface area contributed by atoms with Gasteiger partial charge in [-0.2, -0.15) is 0 Å². The quantitative estimate of drug-likeness (QED) is 0.566. The van der Waals surface area contributed by atoms with Crippen molar-refractivity contribution in [3.63, 3.8) is 0 Å². The molecule has 2 rings (SSSR count). The summed E-state index contributed by atoms with van der Waals surface area (Å²) in [4.78, 5) is 12.2. The maximum absolute atomic E-state index is 12.2. The maximum Gasteiger partial charge on any atom is 0.167 e. The normalized spacial score (nSPS) is 10.4. The fourth-order valence-corrected chi connectivity index (χ4v) is 2.31. The molecule has 0 aliphatic carbocycles. The van der Waals surface area contributed by atoms with Crippen LogP contribution in [0, 0.1) is 10.5 Å². The zero-order chi connectivity index (χ0) is 13.1. The molecular weight excluding hydrogens is 359 g/mol. The van der Waals surface area contributed by atoms with Crippen molar-refractivity contribution in [3.8, 4) is 0 Å². The minimum Gasteiger partial charge on any atom is -0.294 e. The van der Waals surface area contributed by atoms with Crippen LogP contribution in [0.15, 0.2) is 42.5 Å².